The number of anilines is 1. The van der Waals surface area contributed by atoms with Gasteiger partial charge in [0.05, 0.1) is 13.2 Å². The van der Waals surface area contributed by atoms with Crippen LogP contribution in [0.25, 0.3) is 0 Å². The van der Waals surface area contributed by atoms with Crippen LogP contribution in [-0.2, 0) is 9.47 Å². The van der Waals surface area contributed by atoms with Crippen molar-refractivity contribution in [2.24, 2.45) is 0 Å². The molecule has 1 rings (SSSR count). The van der Waals surface area contributed by atoms with E-state index in [-0.39, 0.29) is 0 Å². The lowest BCUT2D eigenvalue weighted by atomic mass is 10.4. The molecule has 1 aromatic rings. The van der Waals surface area contributed by atoms with Crippen LogP contribution in [-0.4, -0.2) is 44.5 Å². The Morgan fingerprint density at radius 2 is 1.72 bits per heavy atom. The van der Waals surface area contributed by atoms with Crippen molar-refractivity contribution in [3.8, 4) is 0 Å². The summed E-state index contributed by atoms with van der Waals surface area (Å²) in [5.41, 5.74) is 0. The molecular formula is C13H21ClN2O2. The maximum absolute atomic E-state index is 5.91. The third kappa shape index (κ3) is 5.67. The van der Waals surface area contributed by atoms with Gasteiger partial charge in [0.15, 0.2) is 0 Å². The van der Waals surface area contributed by atoms with Crippen LogP contribution in [0.5, 0.6) is 0 Å². The van der Waals surface area contributed by atoms with E-state index in [9.17, 15) is 0 Å². The van der Waals surface area contributed by atoms with E-state index in [0.717, 1.165) is 32.1 Å². The summed E-state index contributed by atoms with van der Waals surface area (Å²) in [6.45, 7) is 8.35. The molecule has 4 nitrogen and oxygen atoms in total. The molecule has 0 aliphatic carbocycles. The van der Waals surface area contributed by atoms with Crippen molar-refractivity contribution in [1.82, 2.24) is 4.98 Å². The van der Waals surface area contributed by atoms with Gasteiger partial charge in [0.2, 0.25) is 0 Å². The predicted molar refractivity (Wildman–Crippen MR) is 74.4 cm³/mol. The number of pyridine rings is 1. The molecule has 0 amide bonds. The van der Waals surface area contributed by atoms with E-state index in [4.69, 9.17) is 21.1 Å². The Morgan fingerprint density at radius 1 is 1.11 bits per heavy atom. The van der Waals surface area contributed by atoms with E-state index in [0.29, 0.717) is 18.4 Å². The van der Waals surface area contributed by atoms with Gasteiger partial charge in [-0.25, -0.2) is 4.98 Å². The molecule has 1 aromatic heterocycles. The zero-order chi connectivity index (χ0) is 13.2. The SMILES string of the molecule is CCOCCN(CCOCC)c1cccc(Cl)n1. The normalized spacial score (nSPS) is 10.6. The molecular weight excluding hydrogens is 252 g/mol. The van der Waals surface area contributed by atoms with Gasteiger partial charge in [-0.05, 0) is 26.0 Å². The Balaban J connectivity index is 2.57. The maximum Gasteiger partial charge on any atom is 0.131 e. The Hall–Kier alpha value is -0.840. The van der Waals surface area contributed by atoms with Crippen molar-refractivity contribution >= 4 is 17.4 Å². The fourth-order valence-electron chi connectivity index (χ4n) is 1.55. The van der Waals surface area contributed by atoms with Gasteiger partial charge in [-0.3, -0.25) is 0 Å². The summed E-state index contributed by atoms with van der Waals surface area (Å²) in [5.74, 6) is 0.863. The minimum atomic E-state index is 0.505. The van der Waals surface area contributed by atoms with Crippen molar-refractivity contribution in [2.75, 3.05) is 44.4 Å². The molecule has 1 heterocycles. The average molecular weight is 273 g/mol. The number of rotatable bonds is 9. The summed E-state index contributed by atoms with van der Waals surface area (Å²) in [7, 11) is 0. The second kappa shape index (κ2) is 9.14. The average Bonchev–Trinajstić information content (AvgIpc) is 2.37. The van der Waals surface area contributed by atoms with Gasteiger partial charge in [-0.1, -0.05) is 17.7 Å². The molecule has 0 saturated heterocycles. The second-order valence-electron chi connectivity index (χ2n) is 3.70. The Labute approximate surface area is 114 Å². The number of hydrogen-bond acceptors (Lipinski definition) is 4. The molecule has 0 aliphatic heterocycles. The van der Waals surface area contributed by atoms with Crippen LogP contribution in [0, 0.1) is 0 Å². The van der Waals surface area contributed by atoms with Crippen molar-refractivity contribution in [3.05, 3.63) is 23.4 Å². The molecule has 0 aliphatic rings. The van der Waals surface area contributed by atoms with Gasteiger partial charge < -0.3 is 14.4 Å². The van der Waals surface area contributed by atoms with E-state index in [1.165, 1.54) is 0 Å². The van der Waals surface area contributed by atoms with Crippen LogP contribution in [0.4, 0.5) is 5.82 Å². The summed E-state index contributed by atoms with van der Waals surface area (Å²) in [4.78, 5) is 6.43. The summed E-state index contributed by atoms with van der Waals surface area (Å²) in [6, 6.07) is 5.62. The van der Waals surface area contributed by atoms with Crippen LogP contribution in [0.3, 0.4) is 0 Å². The molecule has 0 aromatic carbocycles. The number of hydrogen-bond donors (Lipinski definition) is 0. The number of nitrogens with zero attached hydrogens (tertiary/aromatic N) is 2. The van der Waals surface area contributed by atoms with Gasteiger partial charge in [-0.2, -0.15) is 0 Å². The molecule has 0 radical (unpaired) electrons. The first-order chi connectivity index (χ1) is 8.77. The van der Waals surface area contributed by atoms with Crippen LogP contribution >= 0.6 is 11.6 Å². The molecule has 0 spiro atoms. The monoisotopic (exact) mass is 272 g/mol. The van der Waals surface area contributed by atoms with Crippen LogP contribution < -0.4 is 4.90 Å². The first-order valence-corrected chi connectivity index (χ1v) is 6.68. The topological polar surface area (TPSA) is 34.6 Å². The number of halogens is 1. The molecule has 18 heavy (non-hydrogen) atoms. The van der Waals surface area contributed by atoms with Crippen LogP contribution in [0.15, 0.2) is 18.2 Å². The molecule has 0 atom stereocenters. The third-order valence-corrected chi connectivity index (χ3v) is 2.65. The summed E-state index contributed by atoms with van der Waals surface area (Å²) in [6.07, 6.45) is 0. The number of ether oxygens (including phenoxy) is 2. The molecule has 5 heteroatoms. The largest absolute Gasteiger partial charge is 0.380 e. The Kier molecular flexibility index (Phi) is 7.73. The lowest BCUT2D eigenvalue weighted by molar-refractivity contribution is 0.141. The Bertz CT molecular complexity index is 327. The fourth-order valence-corrected chi connectivity index (χ4v) is 1.71. The van der Waals surface area contributed by atoms with Crippen molar-refractivity contribution in [3.63, 3.8) is 0 Å². The van der Waals surface area contributed by atoms with Crippen molar-refractivity contribution in [1.29, 1.82) is 0 Å². The lowest BCUT2D eigenvalue weighted by Crippen LogP contribution is -2.31. The smallest absolute Gasteiger partial charge is 0.131 e. The van der Waals surface area contributed by atoms with Crippen molar-refractivity contribution in [2.45, 2.75) is 13.8 Å². The highest BCUT2D eigenvalue weighted by atomic mass is 35.5. The van der Waals surface area contributed by atoms with E-state index in [1.807, 2.05) is 26.0 Å². The lowest BCUT2D eigenvalue weighted by Gasteiger charge is -2.23. The number of aromatic nitrogens is 1. The van der Waals surface area contributed by atoms with E-state index in [2.05, 4.69) is 9.88 Å². The summed E-state index contributed by atoms with van der Waals surface area (Å²) in [5, 5.41) is 0.505. The minimum Gasteiger partial charge on any atom is -0.380 e. The molecule has 0 fully saturated rings. The van der Waals surface area contributed by atoms with Crippen molar-refractivity contribution < 1.29 is 9.47 Å². The summed E-state index contributed by atoms with van der Waals surface area (Å²) >= 11 is 5.91. The zero-order valence-electron chi connectivity index (χ0n) is 11.1. The highest BCUT2D eigenvalue weighted by molar-refractivity contribution is 6.29. The van der Waals surface area contributed by atoms with Gasteiger partial charge >= 0.3 is 0 Å². The minimum absolute atomic E-state index is 0.505. The quantitative estimate of drug-likeness (QED) is 0.511. The summed E-state index contributed by atoms with van der Waals surface area (Å²) < 4.78 is 10.8. The third-order valence-electron chi connectivity index (χ3n) is 2.44. The molecule has 0 unspecified atom stereocenters. The van der Waals surface area contributed by atoms with Gasteiger partial charge in [0.25, 0.3) is 0 Å². The zero-order valence-corrected chi connectivity index (χ0v) is 11.8. The first kappa shape index (κ1) is 15.2. The molecule has 102 valence electrons. The highest BCUT2D eigenvalue weighted by Gasteiger charge is 2.08. The van der Waals surface area contributed by atoms with E-state index >= 15 is 0 Å². The van der Waals surface area contributed by atoms with Gasteiger partial charge in [-0.15, -0.1) is 0 Å². The van der Waals surface area contributed by atoms with E-state index < -0.39 is 0 Å². The van der Waals surface area contributed by atoms with Crippen LogP contribution in [0.1, 0.15) is 13.8 Å². The molecule has 0 saturated carbocycles. The predicted octanol–water partition coefficient (Wildman–Crippen LogP) is 2.61. The first-order valence-electron chi connectivity index (χ1n) is 6.31. The van der Waals surface area contributed by atoms with Gasteiger partial charge in [0.1, 0.15) is 11.0 Å². The van der Waals surface area contributed by atoms with E-state index in [1.54, 1.807) is 6.07 Å². The molecule has 0 N–H and O–H groups in total. The molecule has 0 bridgehead atoms. The fraction of sp³-hybridized carbons (Fsp3) is 0.615. The Morgan fingerprint density at radius 3 is 2.22 bits per heavy atom. The highest BCUT2D eigenvalue weighted by Crippen LogP contribution is 2.14. The second-order valence-corrected chi connectivity index (χ2v) is 4.09. The van der Waals surface area contributed by atoms with Gasteiger partial charge in [0, 0.05) is 26.3 Å². The maximum atomic E-state index is 5.91. The van der Waals surface area contributed by atoms with Crippen LogP contribution in [0.2, 0.25) is 5.15 Å². The standard InChI is InChI=1S/C13H21ClN2O2/c1-3-17-10-8-16(9-11-18-4-2)13-7-5-6-12(14)15-13/h5-7H,3-4,8-11H2,1-2H3.